The fraction of sp³-hybridized carbons (Fsp3) is 0.133. The summed E-state index contributed by atoms with van der Waals surface area (Å²) in [6.07, 6.45) is 11.4. The lowest BCUT2D eigenvalue weighted by atomic mass is 10.0. The molecule has 1 aromatic heterocycles. The van der Waals surface area contributed by atoms with Gasteiger partial charge in [-0.1, -0.05) is 12.2 Å². The molecule has 5 nitrogen and oxygen atoms in total. The van der Waals surface area contributed by atoms with E-state index in [-0.39, 0.29) is 5.43 Å². The van der Waals surface area contributed by atoms with Crippen LogP contribution in [0.15, 0.2) is 41.6 Å². The molecule has 3 aliphatic heterocycles. The quantitative estimate of drug-likeness (QED) is 0.713. The van der Waals surface area contributed by atoms with Gasteiger partial charge in [-0.3, -0.25) is 4.79 Å². The van der Waals surface area contributed by atoms with Crippen molar-refractivity contribution in [2.75, 3.05) is 7.11 Å². The number of aromatic amines is 1. The molecule has 3 aliphatic rings. The summed E-state index contributed by atoms with van der Waals surface area (Å²) in [5.41, 5.74) is 2.83. The lowest BCUT2D eigenvalue weighted by Gasteiger charge is -2.20. The van der Waals surface area contributed by atoms with Gasteiger partial charge in [0, 0.05) is 36.1 Å². The van der Waals surface area contributed by atoms with Gasteiger partial charge in [0.2, 0.25) is 5.43 Å². The molecule has 0 bridgehead atoms. The monoisotopic (exact) mass is 267 g/mol. The number of fused-ring (bicyclic) bond motifs is 2. The maximum Gasteiger partial charge on any atom is 0.210 e. The zero-order valence-corrected chi connectivity index (χ0v) is 11.0. The van der Waals surface area contributed by atoms with Crippen molar-refractivity contribution in [3.8, 4) is 11.3 Å². The van der Waals surface area contributed by atoms with E-state index in [0.29, 0.717) is 6.54 Å². The topological polar surface area (TPSA) is 51.9 Å². The first-order chi connectivity index (χ1) is 9.81. The Bertz CT molecular complexity index is 940. The summed E-state index contributed by atoms with van der Waals surface area (Å²) in [5, 5.41) is 1.44. The number of aromatic nitrogens is 3. The van der Waals surface area contributed by atoms with Crippen LogP contribution in [0.25, 0.3) is 28.2 Å². The highest BCUT2D eigenvalue weighted by atomic mass is 16.6. The second-order valence-corrected chi connectivity index (χ2v) is 4.76. The number of H-pyrrole nitrogens is 1. The Hall–Kier alpha value is -2.69. The number of nitrogens with zero attached hydrogens (tertiary/aromatic N) is 2. The van der Waals surface area contributed by atoms with Crippen LogP contribution in [-0.2, 0) is 6.54 Å². The van der Waals surface area contributed by atoms with Gasteiger partial charge in [-0.15, -0.1) is 0 Å². The lowest BCUT2D eigenvalue weighted by Crippen LogP contribution is -2.37. The second-order valence-electron chi connectivity index (χ2n) is 4.76. The first kappa shape index (κ1) is 11.2. The Labute approximate surface area is 114 Å². The summed E-state index contributed by atoms with van der Waals surface area (Å²) in [6, 6.07) is 1.81. The standard InChI is InChI=1S/C15H13N3O2/c1-20-18-7-5-10-14-12(8-16-9-13(14)18)17-6-3-2-4-11(17)15(10)19/h2-5,7-9,16H,6H2,1H3. The van der Waals surface area contributed by atoms with E-state index in [1.165, 1.54) is 0 Å². The third kappa shape index (κ3) is 1.29. The summed E-state index contributed by atoms with van der Waals surface area (Å²) in [4.78, 5) is 21.1. The van der Waals surface area contributed by atoms with Crippen LogP contribution >= 0.6 is 0 Å². The van der Waals surface area contributed by atoms with Crippen molar-refractivity contribution in [2.24, 2.45) is 0 Å². The third-order valence-electron chi connectivity index (χ3n) is 3.77. The Kier molecular flexibility index (Phi) is 2.18. The number of hydrogen-bond acceptors (Lipinski definition) is 2. The molecule has 100 valence electrons. The summed E-state index contributed by atoms with van der Waals surface area (Å²) in [6.45, 7) is 0.700. The van der Waals surface area contributed by atoms with Crippen LogP contribution in [0.4, 0.5) is 0 Å². The average molecular weight is 267 g/mol. The minimum absolute atomic E-state index is 0.0568. The van der Waals surface area contributed by atoms with Crippen LogP contribution in [-0.4, -0.2) is 21.4 Å². The molecule has 0 radical (unpaired) electrons. The summed E-state index contributed by atoms with van der Waals surface area (Å²) in [5.74, 6) is 0. The van der Waals surface area contributed by atoms with Crippen molar-refractivity contribution in [2.45, 2.75) is 6.54 Å². The Balaban J connectivity index is 2.31. The van der Waals surface area contributed by atoms with E-state index in [2.05, 4.69) is 4.98 Å². The van der Waals surface area contributed by atoms with Gasteiger partial charge in [-0.2, -0.15) is 4.73 Å². The molecule has 4 heterocycles. The van der Waals surface area contributed by atoms with Gasteiger partial charge in [0.15, 0.2) is 0 Å². The highest BCUT2D eigenvalue weighted by Crippen LogP contribution is 2.28. The van der Waals surface area contributed by atoms with Gasteiger partial charge >= 0.3 is 0 Å². The molecule has 0 aliphatic carbocycles. The molecular formula is C15H13N3O2. The molecule has 0 saturated carbocycles. The summed E-state index contributed by atoms with van der Waals surface area (Å²) < 4.78 is 3.68. The van der Waals surface area contributed by atoms with E-state index in [4.69, 9.17) is 4.84 Å². The smallest absolute Gasteiger partial charge is 0.210 e. The number of pyridine rings is 3. The van der Waals surface area contributed by atoms with Crippen molar-refractivity contribution in [1.82, 2.24) is 14.3 Å². The van der Waals surface area contributed by atoms with Gasteiger partial charge in [-0.05, 0) is 12.1 Å². The molecule has 20 heavy (non-hydrogen) atoms. The first-order valence-electron chi connectivity index (χ1n) is 6.43. The van der Waals surface area contributed by atoms with Crippen LogP contribution in [0.2, 0.25) is 0 Å². The van der Waals surface area contributed by atoms with Crippen molar-refractivity contribution in [3.63, 3.8) is 0 Å². The van der Waals surface area contributed by atoms with Crippen molar-refractivity contribution < 1.29 is 4.84 Å². The predicted octanol–water partition coefficient (Wildman–Crippen LogP) is 0.926. The maximum atomic E-state index is 12.6. The lowest BCUT2D eigenvalue weighted by molar-refractivity contribution is 0.170. The molecule has 0 saturated heterocycles. The fourth-order valence-electron chi connectivity index (χ4n) is 2.87. The van der Waals surface area contributed by atoms with E-state index in [1.54, 1.807) is 18.0 Å². The highest BCUT2D eigenvalue weighted by Gasteiger charge is 2.19. The number of allylic oxidation sites excluding steroid dienone is 2. The molecule has 4 rings (SSSR count). The van der Waals surface area contributed by atoms with E-state index >= 15 is 0 Å². The molecule has 0 spiro atoms. The zero-order chi connectivity index (χ0) is 13.7. The normalized spacial score (nSPS) is 13.4. The molecular weight excluding hydrogens is 254 g/mol. The minimum Gasteiger partial charge on any atom is -0.417 e. The molecule has 0 atom stereocenters. The Morgan fingerprint density at radius 3 is 3.10 bits per heavy atom. The number of nitrogens with one attached hydrogen (secondary N) is 1. The van der Waals surface area contributed by atoms with Crippen LogP contribution < -0.4 is 15.6 Å². The average Bonchev–Trinajstić information content (AvgIpc) is 2.52. The van der Waals surface area contributed by atoms with E-state index in [0.717, 1.165) is 27.5 Å². The fourth-order valence-corrected chi connectivity index (χ4v) is 2.87. The molecule has 0 unspecified atom stereocenters. The largest absolute Gasteiger partial charge is 0.417 e. The maximum absolute atomic E-state index is 12.6. The van der Waals surface area contributed by atoms with E-state index in [9.17, 15) is 4.79 Å². The van der Waals surface area contributed by atoms with Crippen molar-refractivity contribution in [3.05, 3.63) is 52.4 Å². The SMILES string of the molecule is COn1ccc2c3c(c[nH]cc1-3)n1c(c2=O)=CC=CC1. The van der Waals surface area contributed by atoms with Crippen LogP contribution in [0, 0.1) is 0 Å². The van der Waals surface area contributed by atoms with Crippen LogP contribution in [0.3, 0.4) is 0 Å². The van der Waals surface area contributed by atoms with Gasteiger partial charge in [0.1, 0.15) is 12.8 Å². The van der Waals surface area contributed by atoms with Crippen LogP contribution in [0.1, 0.15) is 0 Å². The zero-order valence-electron chi connectivity index (χ0n) is 11.0. The first-order valence-corrected chi connectivity index (χ1v) is 6.43. The number of rotatable bonds is 1. The summed E-state index contributed by atoms with van der Waals surface area (Å²) >= 11 is 0. The van der Waals surface area contributed by atoms with Crippen molar-refractivity contribution in [1.29, 1.82) is 0 Å². The number of hydrogen-bond donors (Lipinski definition) is 1. The van der Waals surface area contributed by atoms with Gasteiger partial charge in [-0.25, -0.2) is 0 Å². The molecule has 5 heteroatoms. The van der Waals surface area contributed by atoms with Crippen LogP contribution in [0.5, 0.6) is 0 Å². The molecule has 1 aromatic rings. The molecule has 0 fully saturated rings. The van der Waals surface area contributed by atoms with Gasteiger partial charge in [0.05, 0.1) is 10.9 Å². The third-order valence-corrected chi connectivity index (χ3v) is 3.77. The Morgan fingerprint density at radius 2 is 2.25 bits per heavy atom. The van der Waals surface area contributed by atoms with Gasteiger partial charge in [0.25, 0.3) is 0 Å². The second kappa shape index (κ2) is 3.90. The van der Waals surface area contributed by atoms with Crippen molar-refractivity contribution >= 4 is 17.0 Å². The molecule has 1 N–H and O–H groups in total. The van der Waals surface area contributed by atoms with E-state index < -0.39 is 0 Å². The predicted molar refractivity (Wildman–Crippen MR) is 77.3 cm³/mol. The minimum atomic E-state index is 0.0568. The van der Waals surface area contributed by atoms with Gasteiger partial charge < -0.3 is 14.4 Å². The molecule has 0 amide bonds. The Morgan fingerprint density at radius 1 is 1.35 bits per heavy atom. The van der Waals surface area contributed by atoms with E-state index in [1.807, 2.05) is 41.3 Å². The highest BCUT2D eigenvalue weighted by molar-refractivity contribution is 5.93. The molecule has 0 aromatic carbocycles. The summed E-state index contributed by atoms with van der Waals surface area (Å²) in [7, 11) is 1.61.